The third-order valence-electron chi connectivity index (χ3n) is 2.68. The second-order valence-electron chi connectivity index (χ2n) is 4.30. The molecule has 0 fully saturated rings. The van der Waals surface area contributed by atoms with E-state index in [-0.39, 0.29) is 0 Å². The van der Waals surface area contributed by atoms with Gasteiger partial charge in [0.2, 0.25) is 10.0 Å². The third-order valence-corrected chi connectivity index (χ3v) is 4.06. The van der Waals surface area contributed by atoms with Crippen molar-refractivity contribution in [3.8, 4) is 0 Å². The molecule has 0 unspecified atom stereocenters. The highest BCUT2D eigenvalue weighted by molar-refractivity contribution is 7.88. The first kappa shape index (κ1) is 15.2. The molecule has 0 bridgehead atoms. The average Bonchev–Trinajstić information content (AvgIpc) is 2.67. The molecule has 0 radical (unpaired) electrons. The van der Waals surface area contributed by atoms with Crippen LogP contribution < -0.4 is 5.32 Å². The van der Waals surface area contributed by atoms with Crippen LogP contribution in [0, 0.1) is 6.92 Å². The van der Waals surface area contributed by atoms with E-state index in [4.69, 9.17) is 4.42 Å². The molecule has 0 saturated heterocycles. The molecule has 0 aliphatic rings. The van der Waals surface area contributed by atoms with Crippen LogP contribution in [0.3, 0.4) is 0 Å². The molecule has 0 aromatic carbocycles. The molecule has 0 spiro atoms. The quantitative estimate of drug-likeness (QED) is 0.727. The molecule has 1 rings (SSSR count). The Labute approximate surface area is 109 Å². The summed E-state index contributed by atoms with van der Waals surface area (Å²) < 4.78 is 29.6. The molecule has 1 aromatic rings. The Hall–Kier alpha value is -0.850. The zero-order chi connectivity index (χ0) is 13.6. The maximum Gasteiger partial charge on any atom is 0.211 e. The predicted molar refractivity (Wildman–Crippen MR) is 71.9 cm³/mol. The lowest BCUT2D eigenvalue weighted by atomic mass is 10.4. The van der Waals surface area contributed by atoms with Gasteiger partial charge in [0.05, 0.1) is 12.8 Å². The number of nitrogens with zero attached hydrogens (tertiary/aromatic N) is 1. The van der Waals surface area contributed by atoms with Gasteiger partial charge in [-0.25, -0.2) is 12.7 Å². The van der Waals surface area contributed by atoms with Crippen molar-refractivity contribution in [2.24, 2.45) is 0 Å². The highest BCUT2D eigenvalue weighted by Crippen LogP contribution is 2.05. The van der Waals surface area contributed by atoms with E-state index in [1.165, 1.54) is 10.6 Å². The molecule has 1 aromatic heterocycles. The molecular formula is C12H22N2O3S. The van der Waals surface area contributed by atoms with E-state index in [2.05, 4.69) is 5.32 Å². The number of hydrogen-bond acceptors (Lipinski definition) is 4. The van der Waals surface area contributed by atoms with Crippen molar-refractivity contribution in [1.29, 1.82) is 0 Å². The molecule has 0 amide bonds. The summed E-state index contributed by atoms with van der Waals surface area (Å²) in [5.41, 5.74) is 0. The second kappa shape index (κ2) is 6.92. The Bertz CT molecular complexity index is 454. The van der Waals surface area contributed by atoms with Gasteiger partial charge in [-0.1, -0.05) is 6.92 Å². The topological polar surface area (TPSA) is 62.6 Å². The van der Waals surface area contributed by atoms with Crippen LogP contribution in [-0.2, 0) is 16.6 Å². The third kappa shape index (κ3) is 5.20. The molecule has 0 aliphatic heterocycles. The smallest absolute Gasteiger partial charge is 0.211 e. The molecule has 6 heteroatoms. The zero-order valence-electron chi connectivity index (χ0n) is 11.3. The van der Waals surface area contributed by atoms with Crippen LogP contribution in [-0.4, -0.2) is 38.6 Å². The number of rotatable bonds is 8. The van der Waals surface area contributed by atoms with Crippen molar-refractivity contribution in [2.45, 2.75) is 26.8 Å². The molecule has 1 N–H and O–H groups in total. The van der Waals surface area contributed by atoms with Gasteiger partial charge < -0.3 is 9.73 Å². The molecule has 0 aliphatic carbocycles. The van der Waals surface area contributed by atoms with Crippen molar-refractivity contribution < 1.29 is 12.8 Å². The van der Waals surface area contributed by atoms with Crippen molar-refractivity contribution in [3.63, 3.8) is 0 Å². The van der Waals surface area contributed by atoms with Crippen molar-refractivity contribution in [3.05, 3.63) is 23.7 Å². The molecule has 18 heavy (non-hydrogen) atoms. The lowest BCUT2D eigenvalue weighted by Crippen LogP contribution is -2.32. The highest BCUT2D eigenvalue weighted by atomic mass is 32.2. The maximum absolute atomic E-state index is 11.3. The lowest BCUT2D eigenvalue weighted by molar-refractivity contribution is 0.412. The van der Waals surface area contributed by atoms with Gasteiger partial charge in [-0.15, -0.1) is 0 Å². The summed E-state index contributed by atoms with van der Waals surface area (Å²) in [4.78, 5) is 0. The zero-order valence-corrected chi connectivity index (χ0v) is 12.1. The summed E-state index contributed by atoms with van der Waals surface area (Å²) in [6.07, 6.45) is 2.04. The van der Waals surface area contributed by atoms with Crippen LogP contribution >= 0.6 is 0 Å². The first-order valence-corrected chi connectivity index (χ1v) is 7.99. The van der Waals surface area contributed by atoms with Gasteiger partial charge in [-0.05, 0) is 32.0 Å². The highest BCUT2D eigenvalue weighted by Gasteiger charge is 2.12. The first-order chi connectivity index (χ1) is 8.43. The number of aryl methyl sites for hydroxylation is 1. The predicted octanol–water partition coefficient (Wildman–Crippen LogP) is 1.35. The van der Waals surface area contributed by atoms with Crippen molar-refractivity contribution >= 4 is 10.0 Å². The number of hydrogen-bond donors (Lipinski definition) is 1. The van der Waals surface area contributed by atoms with Crippen LogP contribution in [0.2, 0.25) is 0 Å². The summed E-state index contributed by atoms with van der Waals surface area (Å²) in [6.45, 7) is 6.29. The summed E-state index contributed by atoms with van der Waals surface area (Å²) in [7, 11) is -3.06. The molecule has 1 heterocycles. The van der Waals surface area contributed by atoms with E-state index < -0.39 is 10.0 Å². The summed E-state index contributed by atoms with van der Waals surface area (Å²) in [6, 6.07) is 3.87. The van der Waals surface area contributed by atoms with Gasteiger partial charge in [0.1, 0.15) is 11.5 Å². The van der Waals surface area contributed by atoms with Crippen molar-refractivity contribution in [1.82, 2.24) is 9.62 Å². The van der Waals surface area contributed by atoms with E-state index >= 15 is 0 Å². The van der Waals surface area contributed by atoms with Gasteiger partial charge in [-0.2, -0.15) is 0 Å². The standard InChI is InChI=1S/C12H22N2O3S/c1-4-14(18(3,15)16)9-5-8-13-10-12-7-6-11(2)17-12/h6-7,13H,4-5,8-10H2,1-3H3. The molecule has 0 saturated carbocycles. The number of sulfonamides is 1. The number of nitrogens with one attached hydrogen (secondary N) is 1. The molecule has 5 nitrogen and oxygen atoms in total. The normalized spacial score (nSPS) is 12.2. The number of furan rings is 1. The summed E-state index contributed by atoms with van der Waals surface area (Å²) in [5.74, 6) is 1.81. The minimum absolute atomic E-state index is 0.524. The monoisotopic (exact) mass is 274 g/mol. The molecular weight excluding hydrogens is 252 g/mol. The van der Waals surface area contributed by atoms with E-state index in [1.54, 1.807) is 0 Å². The summed E-state index contributed by atoms with van der Waals surface area (Å²) >= 11 is 0. The van der Waals surface area contributed by atoms with Gasteiger partial charge in [0, 0.05) is 13.1 Å². The lowest BCUT2D eigenvalue weighted by Gasteiger charge is -2.17. The van der Waals surface area contributed by atoms with E-state index in [0.29, 0.717) is 19.6 Å². The Kier molecular flexibility index (Phi) is 5.84. The van der Waals surface area contributed by atoms with Crippen molar-refractivity contribution in [2.75, 3.05) is 25.9 Å². The average molecular weight is 274 g/mol. The SMILES string of the molecule is CCN(CCCNCc1ccc(C)o1)S(C)(=O)=O. The molecule has 0 atom stereocenters. The Morgan fingerprint density at radius 3 is 2.61 bits per heavy atom. The fourth-order valence-electron chi connectivity index (χ4n) is 1.73. The fraction of sp³-hybridized carbons (Fsp3) is 0.667. The van der Waals surface area contributed by atoms with Crippen LogP contribution in [0.5, 0.6) is 0 Å². The van der Waals surface area contributed by atoms with E-state index in [9.17, 15) is 8.42 Å². The first-order valence-electron chi connectivity index (χ1n) is 6.14. The second-order valence-corrected chi connectivity index (χ2v) is 6.28. The maximum atomic E-state index is 11.3. The van der Waals surface area contributed by atoms with Crippen LogP contribution in [0.4, 0.5) is 0 Å². The van der Waals surface area contributed by atoms with E-state index in [0.717, 1.165) is 24.5 Å². The van der Waals surface area contributed by atoms with Gasteiger partial charge in [0.15, 0.2) is 0 Å². The Morgan fingerprint density at radius 2 is 2.11 bits per heavy atom. The summed E-state index contributed by atoms with van der Waals surface area (Å²) in [5, 5.41) is 3.23. The van der Waals surface area contributed by atoms with Gasteiger partial charge in [0.25, 0.3) is 0 Å². The fourth-order valence-corrected chi connectivity index (χ4v) is 2.66. The van der Waals surface area contributed by atoms with Gasteiger partial charge in [-0.3, -0.25) is 0 Å². The Morgan fingerprint density at radius 1 is 1.39 bits per heavy atom. The largest absolute Gasteiger partial charge is 0.465 e. The minimum atomic E-state index is -3.06. The molecule has 104 valence electrons. The van der Waals surface area contributed by atoms with E-state index in [1.807, 2.05) is 26.0 Å². The minimum Gasteiger partial charge on any atom is -0.465 e. The van der Waals surface area contributed by atoms with Gasteiger partial charge >= 0.3 is 0 Å². The Balaban J connectivity index is 2.19. The van der Waals surface area contributed by atoms with Crippen LogP contribution in [0.1, 0.15) is 24.9 Å². The van der Waals surface area contributed by atoms with Crippen LogP contribution in [0.25, 0.3) is 0 Å². The van der Waals surface area contributed by atoms with Crippen LogP contribution in [0.15, 0.2) is 16.5 Å².